The Balaban J connectivity index is 0.676. The van der Waals surface area contributed by atoms with Gasteiger partial charge in [0.1, 0.15) is 11.8 Å². The number of benzene rings is 2. The van der Waals surface area contributed by atoms with E-state index in [1.165, 1.54) is 18.5 Å². The van der Waals surface area contributed by atoms with Gasteiger partial charge in [-0.1, -0.05) is 29.8 Å². The zero-order chi connectivity index (χ0) is 42.5. The van der Waals surface area contributed by atoms with Gasteiger partial charge < -0.3 is 19.9 Å². The monoisotopic (exact) mass is 849 g/mol. The molecule has 10 rings (SSSR count). The summed E-state index contributed by atoms with van der Waals surface area (Å²) in [7, 11) is 1.99. The van der Waals surface area contributed by atoms with Gasteiger partial charge in [-0.3, -0.25) is 23.9 Å². The first-order valence-corrected chi connectivity index (χ1v) is 22.0. The smallest absolute Gasteiger partial charge is 0.272 e. The zero-order valence-corrected chi connectivity index (χ0v) is 35.7. The molecule has 2 aliphatic carbocycles. The first-order valence-electron chi connectivity index (χ1n) is 21.6. The highest BCUT2D eigenvalue weighted by atomic mass is 35.5. The minimum atomic E-state index is -0.204. The Labute approximate surface area is 364 Å². The van der Waals surface area contributed by atoms with Crippen molar-refractivity contribution in [2.45, 2.75) is 83.5 Å². The number of hydrogen-bond donors (Lipinski definition) is 1. The van der Waals surface area contributed by atoms with E-state index in [1.807, 2.05) is 39.8 Å². The van der Waals surface area contributed by atoms with Crippen molar-refractivity contribution >= 4 is 40.0 Å². The van der Waals surface area contributed by atoms with E-state index in [4.69, 9.17) is 36.8 Å². The van der Waals surface area contributed by atoms with Crippen molar-refractivity contribution < 1.29 is 14.3 Å². The number of nitriles is 1. The molecule has 6 heterocycles. The number of carbonyl (C=O) groups is 2. The molecule has 1 spiro atoms. The van der Waals surface area contributed by atoms with Crippen LogP contribution >= 0.6 is 11.6 Å². The van der Waals surface area contributed by atoms with Crippen molar-refractivity contribution in [3.05, 3.63) is 101 Å². The largest absolute Gasteiger partial charge is 0.490 e. The predicted molar refractivity (Wildman–Crippen MR) is 234 cm³/mol. The molecule has 3 fully saturated rings. The molecule has 2 amide bonds. The second-order valence-electron chi connectivity index (χ2n) is 17.7. The third kappa shape index (κ3) is 7.74. The summed E-state index contributed by atoms with van der Waals surface area (Å²) in [6.45, 7) is 5.71. The molecule has 316 valence electrons. The normalized spacial score (nSPS) is 19.4. The number of nitrogens with zero attached hydrogens (tertiary/aromatic N) is 10. The van der Waals surface area contributed by atoms with Crippen LogP contribution in [0, 0.1) is 22.7 Å². The van der Waals surface area contributed by atoms with E-state index >= 15 is 0 Å². The molecule has 6 aromatic rings. The number of amides is 2. The Kier molecular flexibility index (Phi) is 10.4. The van der Waals surface area contributed by atoms with Crippen LogP contribution in [0.4, 0.5) is 5.82 Å². The average Bonchev–Trinajstić information content (AvgIpc) is 3.87. The van der Waals surface area contributed by atoms with Gasteiger partial charge in [0.2, 0.25) is 5.91 Å². The number of carbonyl (C=O) groups excluding carboxylic acids is 2. The highest BCUT2D eigenvalue weighted by Crippen LogP contribution is 2.53. The number of rotatable bonds is 10. The maximum atomic E-state index is 13.0. The van der Waals surface area contributed by atoms with Crippen LogP contribution in [0.5, 0.6) is 5.75 Å². The van der Waals surface area contributed by atoms with Gasteiger partial charge in [-0.2, -0.15) is 15.5 Å². The second-order valence-corrected chi connectivity index (χ2v) is 18.1. The lowest BCUT2D eigenvalue weighted by Gasteiger charge is -2.59. The molecule has 62 heavy (non-hydrogen) atoms. The Bertz CT molecular complexity index is 2720. The molecule has 0 unspecified atom stereocenters. The maximum absolute atomic E-state index is 13.0. The summed E-state index contributed by atoms with van der Waals surface area (Å²) in [5.74, 6) is 2.01. The summed E-state index contributed by atoms with van der Waals surface area (Å²) >= 11 is 6.16. The lowest BCUT2D eigenvalue weighted by molar-refractivity contribution is -0.129. The van der Waals surface area contributed by atoms with Crippen molar-refractivity contribution in [2.75, 3.05) is 24.5 Å². The number of anilines is 1. The van der Waals surface area contributed by atoms with E-state index in [-0.39, 0.29) is 24.0 Å². The van der Waals surface area contributed by atoms with Crippen LogP contribution < -0.4 is 15.0 Å². The molecule has 2 aliphatic heterocycles. The van der Waals surface area contributed by atoms with E-state index in [1.54, 1.807) is 31.2 Å². The first-order chi connectivity index (χ1) is 30.1. The van der Waals surface area contributed by atoms with E-state index in [9.17, 15) is 9.59 Å². The third-order valence-electron chi connectivity index (χ3n) is 13.5. The molecule has 0 bridgehead atoms. The van der Waals surface area contributed by atoms with Crippen LogP contribution in [0.1, 0.15) is 79.2 Å². The molecule has 15 heteroatoms. The number of halogens is 1. The number of aryl methyl sites for hydroxylation is 2. The van der Waals surface area contributed by atoms with Crippen LogP contribution in [0.15, 0.2) is 73.2 Å². The third-order valence-corrected chi connectivity index (χ3v) is 13.8. The minimum absolute atomic E-state index is 0.0341. The molecule has 4 aliphatic rings. The fourth-order valence-electron chi connectivity index (χ4n) is 10.2. The number of hydrogen-bond acceptors (Lipinski definition) is 10. The summed E-state index contributed by atoms with van der Waals surface area (Å²) in [6, 6.07) is 19.3. The quantitative estimate of drug-likeness (QED) is 0.150. The van der Waals surface area contributed by atoms with Crippen LogP contribution in [0.2, 0.25) is 5.02 Å². The summed E-state index contributed by atoms with van der Waals surface area (Å²) in [5.41, 5.74) is 7.23. The van der Waals surface area contributed by atoms with Crippen molar-refractivity contribution in [1.82, 2.24) is 45.0 Å². The van der Waals surface area contributed by atoms with Gasteiger partial charge >= 0.3 is 0 Å². The molecule has 2 aromatic carbocycles. The van der Waals surface area contributed by atoms with Crippen molar-refractivity contribution in [3.63, 3.8) is 0 Å². The molecule has 0 radical (unpaired) electrons. The summed E-state index contributed by atoms with van der Waals surface area (Å²) in [6.07, 6.45) is 13.5. The number of aromatic nitrogens is 7. The fourth-order valence-corrected chi connectivity index (χ4v) is 10.4. The minimum Gasteiger partial charge on any atom is -0.490 e. The fraction of sp³-hybridized carbons (Fsp3) is 0.404. The summed E-state index contributed by atoms with van der Waals surface area (Å²) < 4.78 is 10.1. The van der Waals surface area contributed by atoms with Gasteiger partial charge in [-0.05, 0) is 86.6 Å². The van der Waals surface area contributed by atoms with Gasteiger partial charge in [0.25, 0.3) is 5.91 Å². The molecule has 14 nitrogen and oxygen atoms in total. The van der Waals surface area contributed by atoms with Gasteiger partial charge in [-0.15, -0.1) is 10.2 Å². The van der Waals surface area contributed by atoms with Gasteiger partial charge in [0, 0.05) is 111 Å². The van der Waals surface area contributed by atoms with Gasteiger partial charge in [-0.25, -0.2) is 0 Å². The Hall–Kier alpha value is -6.33. The zero-order valence-electron chi connectivity index (χ0n) is 34.9. The van der Waals surface area contributed by atoms with Crippen LogP contribution in [-0.4, -0.2) is 83.2 Å². The molecule has 1 N–H and O–H groups in total. The molecule has 2 saturated carbocycles. The number of ether oxygens (including phenoxy) is 1. The average molecular weight is 850 g/mol. The van der Waals surface area contributed by atoms with E-state index in [2.05, 4.69) is 56.9 Å². The van der Waals surface area contributed by atoms with E-state index < -0.39 is 0 Å². The molecular formula is C47H48ClN11O3. The standard InChI is InChI=1S/C47H48ClN11O3/c1-29(60)57-16-15-43-39(26-57)45(55-56(43)2)37-5-3-4-31-18-42(50-24-38(31)37)33-23-51-59(25-33)17-14-30-20-47(21-30)27-58(28-47)44-13-12-41(53-54-44)46(61)52-34-7-10-35(11-8-34)62-36-9-6-32(22-49)40(48)19-36/h3-6,9,12-13,18-19,23-25,30,34-35H,7-8,10-11,14-17,20-21,26-28H2,1-2H3,(H,52,61). The van der Waals surface area contributed by atoms with Crippen LogP contribution in [-0.2, 0) is 31.4 Å². The van der Waals surface area contributed by atoms with E-state index in [0.717, 1.165) is 109 Å². The van der Waals surface area contributed by atoms with Crippen LogP contribution in [0.3, 0.4) is 0 Å². The molecule has 1 saturated heterocycles. The lowest BCUT2D eigenvalue weighted by atomic mass is 9.57. The van der Waals surface area contributed by atoms with Crippen LogP contribution in [0.25, 0.3) is 33.3 Å². The molecule has 0 atom stereocenters. The number of fused-ring (bicyclic) bond motifs is 2. The Morgan fingerprint density at radius 2 is 1.87 bits per heavy atom. The summed E-state index contributed by atoms with van der Waals surface area (Å²) in [5, 5.41) is 33.1. The Morgan fingerprint density at radius 3 is 2.63 bits per heavy atom. The van der Waals surface area contributed by atoms with Gasteiger partial charge in [0.05, 0.1) is 34.3 Å². The van der Waals surface area contributed by atoms with Crippen molar-refractivity contribution in [3.8, 4) is 34.3 Å². The highest BCUT2D eigenvalue weighted by Gasteiger charge is 2.52. The topological polar surface area (TPSA) is 160 Å². The predicted octanol–water partition coefficient (Wildman–Crippen LogP) is 7.15. The van der Waals surface area contributed by atoms with E-state index in [0.29, 0.717) is 39.9 Å². The second kappa shape index (κ2) is 16.2. The van der Waals surface area contributed by atoms with Crippen molar-refractivity contribution in [2.24, 2.45) is 18.4 Å². The molecular weight excluding hydrogens is 802 g/mol. The lowest BCUT2D eigenvalue weighted by Crippen LogP contribution is -2.62. The highest BCUT2D eigenvalue weighted by molar-refractivity contribution is 6.31. The number of pyridine rings is 1. The maximum Gasteiger partial charge on any atom is 0.272 e. The van der Waals surface area contributed by atoms with Crippen molar-refractivity contribution in [1.29, 1.82) is 5.26 Å². The van der Waals surface area contributed by atoms with Gasteiger partial charge in [0.15, 0.2) is 11.5 Å². The Morgan fingerprint density at radius 1 is 1.03 bits per heavy atom. The first kappa shape index (κ1) is 39.8. The summed E-state index contributed by atoms with van der Waals surface area (Å²) in [4.78, 5) is 34.3. The molecule has 4 aromatic heterocycles. The number of nitrogens with one attached hydrogen (secondary N) is 1. The SMILES string of the molecule is CC(=O)N1CCc2c(c(-c3cccc4cc(-c5cnn(CCC6CC7(C6)CN(c6ccc(C(=O)NC8CCC(Oc9ccc(C#N)c(Cl)c9)CC8)nn6)C7)c5)ncc34)nn2C)C1.